The monoisotopic (exact) mass is 284 g/mol. The van der Waals surface area contributed by atoms with Crippen LogP contribution in [0.2, 0.25) is 0 Å². The molecule has 1 saturated heterocycles. The number of rotatable bonds is 4. The summed E-state index contributed by atoms with van der Waals surface area (Å²) in [6.45, 7) is 5.29. The minimum atomic E-state index is -0.166. The predicted octanol–water partition coefficient (Wildman–Crippen LogP) is 3.19. The molecule has 1 aliphatic heterocycles. The molecule has 110 valence electrons. The van der Waals surface area contributed by atoms with Crippen molar-refractivity contribution in [2.75, 3.05) is 37.6 Å². The van der Waals surface area contributed by atoms with Crippen LogP contribution in [-0.2, 0) is 6.42 Å². The van der Waals surface area contributed by atoms with E-state index in [1.165, 1.54) is 17.7 Å². The van der Waals surface area contributed by atoms with Crippen molar-refractivity contribution >= 4 is 5.69 Å². The summed E-state index contributed by atoms with van der Waals surface area (Å²) in [6, 6.07) is 17.5. The second kappa shape index (κ2) is 6.72. The Balaban J connectivity index is 1.48. The van der Waals surface area contributed by atoms with Crippen molar-refractivity contribution in [2.24, 2.45) is 0 Å². The summed E-state index contributed by atoms with van der Waals surface area (Å²) in [7, 11) is 0. The first kappa shape index (κ1) is 14.1. The summed E-state index contributed by atoms with van der Waals surface area (Å²) in [4.78, 5) is 4.84. The predicted molar refractivity (Wildman–Crippen MR) is 85.2 cm³/mol. The normalized spacial score (nSPS) is 16.1. The van der Waals surface area contributed by atoms with Crippen LogP contribution in [0.1, 0.15) is 5.56 Å². The number of benzene rings is 2. The Labute approximate surface area is 125 Å². The molecule has 1 aliphatic rings. The Morgan fingerprint density at radius 2 is 1.48 bits per heavy atom. The number of nitrogens with zero attached hydrogens (tertiary/aromatic N) is 2. The zero-order valence-electron chi connectivity index (χ0n) is 12.2. The molecule has 0 aliphatic carbocycles. The number of hydrogen-bond acceptors (Lipinski definition) is 2. The Morgan fingerprint density at radius 3 is 2.14 bits per heavy atom. The van der Waals surface area contributed by atoms with Crippen LogP contribution < -0.4 is 4.90 Å². The van der Waals surface area contributed by atoms with Crippen LogP contribution in [0.3, 0.4) is 0 Å². The van der Waals surface area contributed by atoms with Gasteiger partial charge in [-0.1, -0.05) is 30.3 Å². The molecule has 3 rings (SSSR count). The quantitative estimate of drug-likeness (QED) is 0.851. The molecule has 2 aromatic rings. The SMILES string of the molecule is Fc1ccc(N2CCN(CCc3ccccc3)CC2)cc1. The van der Waals surface area contributed by atoms with Crippen molar-refractivity contribution in [2.45, 2.75) is 6.42 Å². The van der Waals surface area contributed by atoms with Crippen LogP contribution in [0.5, 0.6) is 0 Å². The lowest BCUT2D eigenvalue weighted by atomic mass is 10.1. The van der Waals surface area contributed by atoms with Gasteiger partial charge in [0.15, 0.2) is 0 Å². The van der Waals surface area contributed by atoms with Crippen molar-refractivity contribution in [3.63, 3.8) is 0 Å². The van der Waals surface area contributed by atoms with Gasteiger partial charge in [0.2, 0.25) is 0 Å². The van der Waals surface area contributed by atoms with E-state index in [1.807, 2.05) is 12.1 Å². The first-order chi connectivity index (χ1) is 10.3. The summed E-state index contributed by atoms with van der Waals surface area (Å²) >= 11 is 0. The van der Waals surface area contributed by atoms with E-state index in [1.54, 1.807) is 0 Å². The van der Waals surface area contributed by atoms with E-state index < -0.39 is 0 Å². The van der Waals surface area contributed by atoms with Gasteiger partial charge in [0.05, 0.1) is 0 Å². The molecule has 0 atom stereocenters. The summed E-state index contributed by atoms with van der Waals surface area (Å²) in [5, 5.41) is 0. The highest BCUT2D eigenvalue weighted by Gasteiger charge is 2.16. The summed E-state index contributed by atoms with van der Waals surface area (Å²) < 4.78 is 13.0. The third-order valence-corrected chi connectivity index (χ3v) is 4.12. The maximum Gasteiger partial charge on any atom is 0.123 e. The molecule has 1 fully saturated rings. The van der Waals surface area contributed by atoms with Gasteiger partial charge >= 0.3 is 0 Å². The van der Waals surface area contributed by atoms with E-state index >= 15 is 0 Å². The topological polar surface area (TPSA) is 6.48 Å². The number of piperazine rings is 1. The Bertz CT molecular complexity index is 545. The van der Waals surface area contributed by atoms with Gasteiger partial charge < -0.3 is 4.90 Å². The zero-order chi connectivity index (χ0) is 14.5. The van der Waals surface area contributed by atoms with Gasteiger partial charge in [-0.2, -0.15) is 0 Å². The van der Waals surface area contributed by atoms with E-state index in [9.17, 15) is 4.39 Å². The van der Waals surface area contributed by atoms with Crippen LogP contribution in [-0.4, -0.2) is 37.6 Å². The molecular weight excluding hydrogens is 263 g/mol. The maximum absolute atomic E-state index is 13.0. The number of anilines is 1. The molecule has 0 N–H and O–H groups in total. The lowest BCUT2D eigenvalue weighted by Crippen LogP contribution is -2.47. The van der Waals surface area contributed by atoms with Gasteiger partial charge in [0.1, 0.15) is 5.82 Å². The minimum absolute atomic E-state index is 0.166. The first-order valence-corrected chi connectivity index (χ1v) is 7.58. The highest BCUT2D eigenvalue weighted by Crippen LogP contribution is 2.17. The standard InChI is InChI=1S/C18H21FN2/c19-17-6-8-18(9-7-17)21-14-12-20(13-15-21)11-10-16-4-2-1-3-5-16/h1-9H,10-15H2. The van der Waals surface area contributed by atoms with Crippen molar-refractivity contribution in [3.05, 3.63) is 66.0 Å². The van der Waals surface area contributed by atoms with Gasteiger partial charge in [0, 0.05) is 38.4 Å². The molecular formula is C18H21FN2. The molecule has 3 heteroatoms. The van der Waals surface area contributed by atoms with Crippen molar-refractivity contribution in [1.29, 1.82) is 0 Å². The molecule has 0 saturated carbocycles. The van der Waals surface area contributed by atoms with Crippen LogP contribution in [0, 0.1) is 5.82 Å². The third kappa shape index (κ3) is 3.82. The molecule has 0 unspecified atom stereocenters. The van der Waals surface area contributed by atoms with E-state index in [2.05, 4.69) is 40.1 Å². The molecule has 0 radical (unpaired) electrons. The fraction of sp³-hybridized carbons (Fsp3) is 0.333. The molecule has 0 aromatic heterocycles. The van der Waals surface area contributed by atoms with E-state index in [0.29, 0.717) is 0 Å². The fourth-order valence-electron chi connectivity index (χ4n) is 2.81. The molecule has 0 spiro atoms. The van der Waals surface area contributed by atoms with E-state index in [-0.39, 0.29) is 5.82 Å². The maximum atomic E-state index is 13.0. The van der Waals surface area contributed by atoms with E-state index in [0.717, 1.165) is 44.8 Å². The molecule has 0 amide bonds. The van der Waals surface area contributed by atoms with Crippen molar-refractivity contribution in [3.8, 4) is 0 Å². The average Bonchev–Trinajstić information content (AvgIpc) is 2.55. The van der Waals surface area contributed by atoms with Crippen LogP contribution in [0.4, 0.5) is 10.1 Å². The lowest BCUT2D eigenvalue weighted by Gasteiger charge is -2.36. The molecule has 1 heterocycles. The van der Waals surface area contributed by atoms with Crippen LogP contribution in [0.25, 0.3) is 0 Å². The minimum Gasteiger partial charge on any atom is -0.369 e. The Hall–Kier alpha value is -1.87. The average molecular weight is 284 g/mol. The summed E-state index contributed by atoms with van der Waals surface area (Å²) in [6.07, 6.45) is 1.11. The van der Waals surface area contributed by atoms with Crippen molar-refractivity contribution in [1.82, 2.24) is 4.90 Å². The smallest absolute Gasteiger partial charge is 0.123 e. The molecule has 2 aromatic carbocycles. The lowest BCUT2D eigenvalue weighted by molar-refractivity contribution is 0.261. The summed E-state index contributed by atoms with van der Waals surface area (Å²) in [5.41, 5.74) is 2.53. The first-order valence-electron chi connectivity index (χ1n) is 7.58. The fourth-order valence-corrected chi connectivity index (χ4v) is 2.81. The zero-order valence-corrected chi connectivity index (χ0v) is 12.2. The highest BCUT2D eigenvalue weighted by atomic mass is 19.1. The number of halogens is 1. The second-order valence-electron chi connectivity index (χ2n) is 5.54. The van der Waals surface area contributed by atoms with Gasteiger partial charge in [0.25, 0.3) is 0 Å². The van der Waals surface area contributed by atoms with Gasteiger partial charge in [-0.25, -0.2) is 4.39 Å². The number of hydrogen-bond donors (Lipinski definition) is 0. The Kier molecular flexibility index (Phi) is 4.51. The van der Waals surface area contributed by atoms with Gasteiger partial charge in [-0.3, -0.25) is 4.90 Å². The van der Waals surface area contributed by atoms with Gasteiger partial charge in [-0.05, 0) is 36.2 Å². The molecule has 0 bridgehead atoms. The van der Waals surface area contributed by atoms with Gasteiger partial charge in [-0.15, -0.1) is 0 Å². The van der Waals surface area contributed by atoms with Crippen LogP contribution in [0.15, 0.2) is 54.6 Å². The van der Waals surface area contributed by atoms with Crippen LogP contribution >= 0.6 is 0 Å². The second-order valence-corrected chi connectivity index (χ2v) is 5.54. The molecule has 21 heavy (non-hydrogen) atoms. The molecule has 2 nitrogen and oxygen atoms in total. The Morgan fingerprint density at radius 1 is 0.810 bits per heavy atom. The largest absolute Gasteiger partial charge is 0.369 e. The van der Waals surface area contributed by atoms with E-state index in [4.69, 9.17) is 0 Å². The highest BCUT2D eigenvalue weighted by molar-refractivity contribution is 5.46. The van der Waals surface area contributed by atoms with Crippen molar-refractivity contribution < 1.29 is 4.39 Å². The summed E-state index contributed by atoms with van der Waals surface area (Å²) in [5.74, 6) is -0.166. The third-order valence-electron chi connectivity index (χ3n) is 4.12.